The van der Waals surface area contributed by atoms with Crippen molar-refractivity contribution in [3.05, 3.63) is 35.9 Å². The van der Waals surface area contributed by atoms with E-state index in [0.717, 1.165) is 18.4 Å². The molecular weight excluding hydrogens is 544 g/mol. The van der Waals surface area contributed by atoms with Crippen LogP contribution in [0.3, 0.4) is 0 Å². The summed E-state index contributed by atoms with van der Waals surface area (Å²) in [6.07, 6.45) is 2.36. The molecule has 0 radical (unpaired) electrons. The van der Waals surface area contributed by atoms with Crippen LogP contribution in [0.15, 0.2) is 30.3 Å². The summed E-state index contributed by atoms with van der Waals surface area (Å²) in [5, 5.41) is 0. The molecule has 2 heterocycles. The van der Waals surface area contributed by atoms with Crippen molar-refractivity contribution < 1.29 is 32.8 Å². The second-order valence-electron chi connectivity index (χ2n) is 13.8. The molecule has 1 saturated carbocycles. The fourth-order valence-corrected chi connectivity index (χ4v) is 6.28. The summed E-state index contributed by atoms with van der Waals surface area (Å²) in [5.41, 5.74) is -0.663. The highest BCUT2D eigenvalue weighted by Crippen LogP contribution is 2.45. The van der Waals surface area contributed by atoms with Gasteiger partial charge in [-0.25, -0.2) is 14.5 Å². The fraction of sp³-hybridized carbons (Fsp3) is 0.710. The first-order valence-electron chi connectivity index (χ1n) is 14.5. The molecule has 3 amide bonds. The maximum Gasteiger partial charge on any atom is 0.416 e. The van der Waals surface area contributed by atoms with E-state index < -0.39 is 58.8 Å². The highest BCUT2D eigenvalue weighted by Gasteiger charge is 2.59. The summed E-state index contributed by atoms with van der Waals surface area (Å²) in [5.74, 6) is -0.927. The average Bonchev–Trinajstić information content (AvgIpc) is 3.54. The lowest BCUT2D eigenvalue weighted by Gasteiger charge is -2.39. The number of carbonyl (C=O) groups excluding carboxylic acids is 3. The lowest BCUT2D eigenvalue weighted by atomic mass is 9.89. The SMILES string of the molecule is C[S+](O[C@H]([C@H](C(=O)N1C(=O)OC[C@H]1Cc1ccccc1)C1CC1)[C@H]1COC(C)(C)N1C(=O)OC(C)(C)C)C(C)(C)C. The third-order valence-electron chi connectivity index (χ3n) is 7.89. The number of amides is 3. The fourth-order valence-electron chi connectivity index (χ4n) is 5.41. The summed E-state index contributed by atoms with van der Waals surface area (Å²) in [6.45, 7) is 15.7. The smallest absolute Gasteiger partial charge is 0.416 e. The normalized spacial score (nSPS) is 25.0. The average molecular weight is 592 g/mol. The number of hydrogen-bond acceptors (Lipinski definition) is 7. The van der Waals surface area contributed by atoms with Crippen molar-refractivity contribution in [2.75, 3.05) is 19.5 Å². The maximum absolute atomic E-state index is 14.5. The Morgan fingerprint density at radius 1 is 1.07 bits per heavy atom. The highest BCUT2D eigenvalue weighted by atomic mass is 32.2. The van der Waals surface area contributed by atoms with Crippen LogP contribution < -0.4 is 0 Å². The molecule has 1 aromatic carbocycles. The predicted molar refractivity (Wildman–Crippen MR) is 158 cm³/mol. The Balaban J connectivity index is 1.71. The quantitative estimate of drug-likeness (QED) is 0.378. The zero-order chi connectivity index (χ0) is 30.3. The summed E-state index contributed by atoms with van der Waals surface area (Å²) in [4.78, 5) is 44.1. The van der Waals surface area contributed by atoms with Crippen LogP contribution >= 0.6 is 0 Å². The van der Waals surface area contributed by atoms with E-state index in [1.165, 1.54) is 4.90 Å². The molecule has 9 nitrogen and oxygen atoms in total. The molecule has 2 saturated heterocycles. The van der Waals surface area contributed by atoms with Crippen molar-refractivity contribution in [2.24, 2.45) is 11.8 Å². The molecule has 10 heteroatoms. The second kappa shape index (κ2) is 11.8. The second-order valence-corrected chi connectivity index (χ2v) is 16.1. The number of rotatable bonds is 8. The molecule has 0 spiro atoms. The van der Waals surface area contributed by atoms with Crippen LogP contribution in [-0.4, -0.2) is 81.6 Å². The van der Waals surface area contributed by atoms with E-state index in [2.05, 4.69) is 20.8 Å². The Morgan fingerprint density at radius 2 is 1.71 bits per heavy atom. The van der Waals surface area contributed by atoms with Gasteiger partial charge < -0.3 is 14.2 Å². The number of carbonyl (C=O) groups is 3. The monoisotopic (exact) mass is 591 g/mol. The minimum Gasteiger partial charge on any atom is -0.447 e. The molecule has 0 aromatic heterocycles. The van der Waals surface area contributed by atoms with Crippen molar-refractivity contribution in [3.63, 3.8) is 0 Å². The van der Waals surface area contributed by atoms with Crippen molar-refractivity contribution in [3.8, 4) is 0 Å². The number of nitrogens with zero attached hydrogens (tertiary/aromatic N) is 2. The standard InChI is InChI=1S/C31H47N2O7S/c1-29(2,3)39-28(36)33-23(19-38-31(33,7)8)25(40-41(9)30(4,5)6)24(21-15-16-21)26(34)32-22(18-37-27(32)35)17-20-13-11-10-12-14-20/h10-14,21-25H,15-19H2,1-9H3/q+1/t22-,23-,24-,25+,41?/m1/s1. The summed E-state index contributed by atoms with van der Waals surface area (Å²) in [7, 11) is 0. The Kier molecular flexibility index (Phi) is 9.08. The van der Waals surface area contributed by atoms with E-state index in [-0.39, 0.29) is 29.8 Å². The van der Waals surface area contributed by atoms with Crippen LogP contribution in [0, 0.1) is 11.8 Å². The van der Waals surface area contributed by atoms with Crippen molar-refractivity contribution in [2.45, 2.75) is 109 Å². The third-order valence-corrected chi connectivity index (χ3v) is 10.1. The Labute approximate surface area is 247 Å². The number of imide groups is 1. The minimum absolute atomic E-state index is 0.0273. The molecule has 3 fully saturated rings. The zero-order valence-electron chi connectivity index (χ0n) is 26.0. The summed E-state index contributed by atoms with van der Waals surface area (Å²) < 4.78 is 24.0. The molecule has 1 aliphatic carbocycles. The van der Waals surface area contributed by atoms with E-state index in [9.17, 15) is 14.4 Å². The van der Waals surface area contributed by atoms with Gasteiger partial charge in [0.15, 0.2) is 4.75 Å². The third kappa shape index (κ3) is 7.38. The lowest BCUT2D eigenvalue weighted by molar-refractivity contribution is -0.139. The van der Waals surface area contributed by atoms with Gasteiger partial charge in [0, 0.05) is 0 Å². The molecule has 0 bridgehead atoms. The van der Waals surface area contributed by atoms with Gasteiger partial charge in [-0.05, 0) is 86.1 Å². The molecule has 3 aliphatic rings. The van der Waals surface area contributed by atoms with Crippen LogP contribution in [-0.2, 0) is 40.8 Å². The van der Waals surface area contributed by atoms with Crippen molar-refractivity contribution in [1.29, 1.82) is 0 Å². The molecule has 4 rings (SSSR count). The Bertz CT molecular complexity index is 1110. The van der Waals surface area contributed by atoms with E-state index in [4.69, 9.17) is 18.4 Å². The van der Waals surface area contributed by atoms with Crippen LogP contribution in [0.4, 0.5) is 9.59 Å². The molecule has 41 heavy (non-hydrogen) atoms. The molecule has 2 aliphatic heterocycles. The first-order chi connectivity index (χ1) is 19.0. The van der Waals surface area contributed by atoms with Gasteiger partial charge in [0.2, 0.25) is 5.91 Å². The van der Waals surface area contributed by atoms with Crippen LogP contribution in [0.5, 0.6) is 0 Å². The molecule has 1 aromatic rings. The summed E-state index contributed by atoms with van der Waals surface area (Å²) in [6, 6.07) is 8.79. The molecule has 0 N–H and O–H groups in total. The highest BCUT2D eigenvalue weighted by molar-refractivity contribution is 7.93. The first-order valence-corrected chi connectivity index (χ1v) is 16.1. The Hall–Kier alpha value is -2.30. The van der Waals surface area contributed by atoms with E-state index in [1.54, 1.807) is 4.90 Å². The molecule has 5 atom stereocenters. The lowest BCUT2D eigenvalue weighted by Crippen LogP contribution is -2.59. The van der Waals surface area contributed by atoms with Gasteiger partial charge >= 0.3 is 12.2 Å². The van der Waals surface area contributed by atoms with Gasteiger partial charge in [0.1, 0.15) is 41.5 Å². The molecular formula is C31H47N2O7S+. The zero-order valence-corrected chi connectivity index (χ0v) is 26.8. The maximum atomic E-state index is 14.5. The van der Waals surface area contributed by atoms with Gasteiger partial charge in [0.25, 0.3) is 0 Å². The van der Waals surface area contributed by atoms with Gasteiger partial charge in [0.05, 0.1) is 24.6 Å². The first kappa shape index (κ1) is 31.6. The largest absolute Gasteiger partial charge is 0.447 e. The van der Waals surface area contributed by atoms with Crippen LogP contribution in [0.2, 0.25) is 0 Å². The van der Waals surface area contributed by atoms with E-state index in [0.29, 0.717) is 6.42 Å². The topological polar surface area (TPSA) is 94.6 Å². The number of hydrogen-bond donors (Lipinski definition) is 0. The van der Waals surface area contributed by atoms with Crippen LogP contribution in [0.1, 0.15) is 73.8 Å². The number of cyclic esters (lactones) is 1. The van der Waals surface area contributed by atoms with Gasteiger partial charge in [-0.3, -0.25) is 9.69 Å². The van der Waals surface area contributed by atoms with Crippen molar-refractivity contribution >= 4 is 29.3 Å². The predicted octanol–water partition coefficient (Wildman–Crippen LogP) is 5.32. The van der Waals surface area contributed by atoms with E-state index in [1.807, 2.05) is 71.2 Å². The number of ether oxygens (including phenoxy) is 3. The summed E-state index contributed by atoms with van der Waals surface area (Å²) >= 11 is -0.583. The molecule has 228 valence electrons. The van der Waals surface area contributed by atoms with Crippen LogP contribution in [0.25, 0.3) is 0 Å². The Morgan fingerprint density at radius 3 is 2.27 bits per heavy atom. The number of benzene rings is 1. The molecule has 1 unspecified atom stereocenters. The van der Waals surface area contributed by atoms with Crippen molar-refractivity contribution in [1.82, 2.24) is 9.80 Å². The minimum atomic E-state index is -0.970. The van der Waals surface area contributed by atoms with Gasteiger partial charge in [-0.1, -0.05) is 30.3 Å². The van der Waals surface area contributed by atoms with E-state index >= 15 is 0 Å². The van der Waals surface area contributed by atoms with Gasteiger partial charge in [-0.2, -0.15) is 4.18 Å². The van der Waals surface area contributed by atoms with Gasteiger partial charge in [-0.15, -0.1) is 0 Å².